The molecule has 1 aliphatic rings. The molecule has 0 aromatic carbocycles. The van der Waals surface area contributed by atoms with E-state index >= 15 is 0 Å². The normalized spacial score (nSPS) is 21.8. The lowest BCUT2D eigenvalue weighted by molar-refractivity contribution is -0.137. The predicted octanol–water partition coefficient (Wildman–Crippen LogP) is -0.565. The number of nitrogens with two attached hydrogens (primary N) is 1. The third-order valence-corrected chi connectivity index (χ3v) is 11.9. The van der Waals surface area contributed by atoms with Gasteiger partial charge in [-0.2, -0.15) is 4.31 Å². The van der Waals surface area contributed by atoms with Crippen LogP contribution in [0.4, 0.5) is 5.82 Å². The van der Waals surface area contributed by atoms with Gasteiger partial charge in [-0.25, -0.2) is 33.6 Å². The first-order valence-electron chi connectivity index (χ1n) is 15.5. The van der Waals surface area contributed by atoms with Crippen molar-refractivity contribution in [3.05, 3.63) is 29.2 Å². The Bertz CT molecular complexity index is 1970. The Labute approximate surface area is 318 Å². The van der Waals surface area contributed by atoms with Gasteiger partial charge in [-0.1, -0.05) is 25.6 Å². The second-order valence-corrected chi connectivity index (χ2v) is 18.1. The molecule has 0 saturated carbocycles. The van der Waals surface area contributed by atoms with Crippen molar-refractivity contribution in [2.75, 3.05) is 37.8 Å². The van der Waals surface area contributed by atoms with Crippen LogP contribution in [0.5, 0.6) is 0 Å². The maximum Gasteiger partial charge on any atom is 0.481 e. The Morgan fingerprint density at radius 1 is 1.07 bits per heavy atom. The molecule has 0 spiro atoms. The van der Waals surface area contributed by atoms with Gasteiger partial charge in [-0.15, -0.1) is 11.3 Å². The first kappa shape index (κ1) is 44.9. The summed E-state index contributed by atoms with van der Waals surface area (Å²) in [7, 11) is -16.4. The zero-order valence-electron chi connectivity index (χ0n) is 28.6. The fraction of sp³-hybridized carbons (Fsp3) is 0.560. The zero-order valence-corrected chi connectivity index (χ0v) is 32.9. The standard InChI is InChI=1S/C25H37N8O17P3S2/c1-25(2,19(36)22(37)28-4-3-15(34)27-5-6-55-24(38)13-8-54-12-32-13)9-47-53(44,45)50-52(42,43)46-7-14-18(49-51(39,40)41)17(35)23(48-14)33-11-31-16-20(26)29-10-30-21(16)33/h8,10-12,14,17-19,23,35-36H,3-7,9H2,1-2H3,(H,27,34)(H,28,37)(H,42,43)(H,44,45)(H2,26,29,30)(H2,39,40,41). The Morgan fingerprint density at radius 2 is 1.78 bits per heavy atom. The molecule has 1 saturated heterocycles. The molecule has 7 atom stereocenters. The number of aliphatic hydroxyl groups is 2. The van der Waals surface area contributed by atoms with E-state index in [4.69, 9.17) is 19.5 Å². The van der Waals surface area contributed by atoms with Gasteiger partial charge in [0, 0.05) is 36.1 Å². The molecule has 1 aliphatic heterocycles. The number of thioether (sulfide) groups is 1. The van der Waals surface area contributed by atoms with E-state index in [-0.39, 0.29) is 47.4 Å². The Hall–Kier alpha value is -2.81. The van der Waals surface area contributed by atoms with Gasteiger partial charge in [-0.05, 0) is 0 Å². The number of nitrogens with zero attached hydrogens (tertiary/aromatic N) is 5. The van der Waals surface area contributed by atoms with E-state index in [1.165, 1.54) is 30.7 Å². The van der Waals surface area contributed by atoms with E-state index < -0.39 is 84.6 Å². The van der Waals surface area contributed by atoms with Gasteiger partial charge in [0.15, 0.2) is 17.7 Å². The summed E-state index contributed by atoms with van der Waals surface area (Å²) in [5, 5.41) is 27.7. The minimum Gasteiger partial charge on any atom is -0.386 e. The molecule has 7 unspecified atom stereocenters. The van der Waals surface area contributed by atoms with E-state index in [1.807, 2.05) is 0 Å². The maximum absolute atomic E-state index is 12.7. The number of imidazole rings is 1. The van der Waals surface area contributed by atoms with Crippen LogP contribution in [0.25, 0.3) is 11.2 Å². The number of ether oxygens (including phenoxy) is 1. The molecule has 10 N–H and O–H groups in total. The summed E-state index contributed by atoms with van der Waals surface area (Å²) in [6.07, 6.45) is -6.95. The molecule has 4 heterocycles. The highest BCUT2D eigenvalue weighted by Crippen LogP contribution is 2.61. The second-order valence-electron chi connectivity index (χ2n) is 12.1. The molecule has 3 aromatic rings. The highest BCUT2D eigenvalue weighted by atomic mass is 32.2. The molecular formula is C25H37N8O17P3S2. The molecule has 3 aromatic heterocycles. The molecule has 0 radical (unpaired) electrons. The first-order valence-corrected chi connectivity index (χ1v) is 22.0. The summed E-state index contributed by atoms with van der Waals surface area (Å²) in [5.74, 6) is -1.21. The van der Waals surface area contributed by atoms with Crippen molar-refractivity contribution in [2.45, 2.75) is 50.9 Å². The average Bonchev–Trinajstić information content (AvgIpc) is 3.84. The molecule has 2 amide bonds. The number of nitrogen functional groups attached to an aromatic ring is 1. The summed E-state index contributed by atoms with van der Waals surface area (Å²) >= 11 is 2.25. The fourth-order valence-corrected chi connectivity index (χ4v) is 8.75. The minimum absolute atomic E-state index is 0.0284. The molecule has 55 heavy (non-hydrogen) atoms. The highest BCUT2D eigenvalue weighted by molar-refractivity contribution is 8.14. The SMILES string of the molecule is CC(C)(COP(=O)(O)OP(=O)(O)OCC1OC(n2cnc3c(N)ncnc32)C(O)C1OP(=O)(O)O)C(O)C(=O)NCCC(=O)NCCSC(=O)c1cscn1. The third-order valence-electron chi connectivity index (χ3n) is 7.38. The number of rotatable bonds is 20. The van der Waals surface area contributed by atoms with Crippen LogP contribution in [-0.4, -0.2) is 128 Å². The monoisotopic (exact) mass is 878 g/mol. The fourth-order valence-electron chi connectivity index (χ4n) is 4.66. The van der Waals surface area contributed by atoms with Crippen molar-refractivity contribution >= 4 is 80.5 Å². The molecule has 4 rings (SSSR count). The number of phosphoric acid groups is 3. The number of phosphoric ester groups is 3. The lowest BCUT2D eigenvalue weighted by Gasteiger charge is -2.30. The van der Waals surface area contributed by atoms with E-state index in [1.54, 1.807) is 5.38 Å². The largest absolute Gasteiger partial charge is 0.481 e. The minimum atomic E-state index is -5.57. The van der Waals surface area contributed by atoms with E-state index in [2.05, 4.69) is 39.4 Å². The van der Waals surface area contributed by atoms with Crippen LogP contribution in [0.1, 0.15) is 37.0 Å². The van der Waals surface area contributed by atoms with Crippen LogP contribution in [-0.2, 0) is 45.9 Å². The summed E-state index contributed by atoms with van der Waals surface area (Å²) in [5.41, 5.74) is 6.08. The first-order chi connectivity index (χ1) is 25.6. The van der Waals surface area contributed by atoms with E-state index in [0.29, 0.717) is 5.69 Å². The number of carbonyl (C=O) groups excluding carboxylic acids is 3. The van der Waals surface area contributed by atoms with Crippen molar-refractivity contribution in [1.82, 2.24) is 35.1 Å². The number of hydrogen-bond acceptors (Lipinski definition) is 20. The van der Waals surface area contributed by atoms with E-state index in [0.717, 1.165) is 29.0 Å². The molecule has 30 heteroatoms. The number of amides is 2. The van der Waals surface area contributed by atoms with Crippen LogP contribution in [0.15, 0.2) is 23.5 Å². The number of thiazole rings is 1. The van der Waals surface area contributed by atoms with Crippen molar-refractivity contribution in [1.29, 1.82) is 0 Å². The number of aromatic nitrogens is 5. The number of anilines is 1. The van der Waals surface area contributed by atoms with Gasteiger partial charge in [0.2, 0.25) is 16.9 Å². The number of aliphatic hydroxyl groups excluding tert-OH is 2. The van der Waals surface area contributed by atoms with Crippen LogP contribution in [0, 0.1) is 5.41 Å². The second kappa shape index (κ2) is 18.6. The Balaban J connectivity index is 1.24. The lowest BCUT2D eigenvalue weighted by atomic mass is 9.87. The van der Waals surface area contributed by atoms with Crippen molar-refractivity contribution < 1.29 is 80.5 Å². The summed E-state index contributed by atoms with van der Waals surface area (Å²) in [4.78, 5) is 91.3. The molecule has 306 valence electrons. The topological polar surface area (TPSA) is 377 Å². The third kappa shape index (κ3) is 12.8. The quantitative estimate of drug-likeness (QED) is 0.0507. The molecule has 0 bridgehead atoms. The van der Waals surface area contributed by atoms with Gasteiger partial charge < -0.3 is 50.9 Å². The summed E-state index contributed by atoms with van der Waals surface area (Å²) in [6.45, 7) is 0.416. The summed E-state index contributed by atoms with van der Waals surface area (Å²) in [6, 6.07) is 0. The van der Waals surface area contributed by atoms with Gasteiger partial charge in [0.25, 0.3) is 0 Å². The predicted molar refractivity (Wildman–Crippen MR) is 189 cm³/mol. The van der Waals surface area contributed by atoms with Crippen LogP contribution in [0.2, 0.25) is 0 Å². The summed E-state index contributed by atoms with van der Waals surface area (Å²) < 4.78 is 62.0. The van der Waals surface area contributed by atoms with Gasteiger partial charge >= 0.3 is 23.5 Å². The number of carbonyl (C=O) groups is 3. The van der Waals surface area contributed by atoms with Crippen LogP contribution >= 0.6 is 46.6 Å². The van der Waals surface area contributed by atoms with Gasteiger partial charge in [0.05, 0.1) is 25.1 Å². The number of fused-ring (bicyclic) bond motifs is 1. The Kier molecular flexibility index (Phi) is 15.2. The molecule has 1 fully saturated rings. The number of hydrogen-bond donors (Lipinski definition) is 9. The smallest absolute Gasteiger partial charge is 0.386 e. The van der Waals surface area contributed by atoms with Crippen molar-refractivity contribution in [3.8, 4) is 0 Å². The van der Waals surface area contributed by atoms with Gasteiger partial charge in [-0.3, -0.25) is 32.5 Å². The van der Waals surface area contributed by atoms with Crippen molar-refractivity contribution in [2.24, 2.45) is 5.41 Å². The highest BCUT2D eigenvalue weighted by Gasteiger charge is 2.50. The molecule has 0 aliphatic carbocycles. The van der Waals surface area contributed by atoms with Crippen LogP contribution < -0.4 is 16.4 Å². The Morgan fingerprint density at radius 3 is 2.45 bits per heavy atom. The lowest BCUT2D eigenvalue weighted by Crippen LogP contribution is -2.46. The molecule has 25 nitrogen and oxygen atoms in total. The average molecular weight is 879 g/mol. The van der Waals surface area contributed by atoms with Crippen molar-refractivity contribution in [3.63, 3.8) is 0 Å². The van der Waals surface area contributed by atoms with Crippen LogP contribution in [0.3, 0.4) is 0 Å². The zero-order chi connectivity index (χ0) is 40.8. The number of nitrogens with one attached hydrogen (secondary N) is 2. The van der Waals surface area contributed by atoms with E-state index in [9.17, 15) is 57.9 Å². The maximum atomic E-state index is 12.7. The molecular weight excluding hydrogens is 841 g/mol. The van der Waals surface area contributed by atoms with Gasteiger partial charge in [0.1, 0.15) is 42.0 Å².